The average molecular weight is 616 g/mol. The predicted molar refractivity (Wildman–Crippen MR) is 150 cm³/mol. The van der Waals surface area contributed by atoms with Gasteiger partial charge < -0.3 is 25.2 Å². The van der Waals surface area contributed by atoms with E-state index >= 15 is 0 Å². The van der Waals surface area contributed by atoms with E-state index in [1.54, 1.807) is 26.0 Å². The van der Waals surface area contributed by atoms with Crippen molar-refractivity contribution in [2.24, 2.45) is 5.92 Å². The highest BCUT2D eigenvalue weighted by atomic mass is 35.5. The molecule has 0 heterocycles. The number of rotatable bonds is 14. The van der Waals surface area contributed by atoms with E-state index in [4.69, 9.17) is 44.3 Å². The topological polar surface area (TPSA) is 148 Å². The first-order valence-corrected chi connectivity index (χ1v) is 13.2. The fraction of sp³-hybridized carbons (Fsp3) is 0.370. The van der Waals surface area contributed by atoms with E-state index < -0.39 is 54.6 Å². The Morgan fingerprint density at radius 2 is 1.60 bits per heavy atom. The van der Waals surface area contributed by atoms with Gasteiger partial charge in [-0.05, 0) is 43.2 Å². The molecule has 0 aromatic heterocycles. The number of aliphatic carboxylic acids is 1. The first-order valence-electron chi connectivity index (χ1n) is 12.0. The van der Waals surface area contributed by atoms with Crippen molar-refractivity contribution in [2.45, 2.75) is 45.7 Å². The van der Waals surface area contributed by atoms with Gasteiger partial charge in [0.25, 0.3) is 0 Å². The van der Waals surface area contributed by atoms with Gasteiger partial charge in [0, 0.05) is 16.1 Å². The number of carboxylic acid groups (broad SMARTS) is 1. The first kappa shape index (κ1) is 32.9. The third-order valence-corrected chi connectivity index (χ3v) is 6.49. The molecule has 0 unspecified atom stereocenters. The van der Waals surface area contributed by atoms with Gasteiger partial charge in [-0.25, -0.2) is 0 Å². The van der Waals surface area contributed by atoms with E-state index in [0.29, 0.717) is 16.9 Å². The van der Waals surface area contributed by atoms with Crippen LogP contribution in [-0.2, 0) is 25.6 Å². The maximum Gasteiger partial charge on any atom is 0.305 e. The monoisotopic (exact) mass is 614 g/mol. The van der Waals surface area contributed by atoms with Crippen molar-refractivity contribution in [1.29, 1.82) is 0 Å². The summed E-state index contributed by atoms with van der Waals surface area (Å²) >= 11 is 18.0. The molecule has 2 amide bonds. The van der Waals surface area contributed by atoms with Crippen molar-refractivity contribution in [3.8, 4) is 11.5 Å². The van der Waals surface area contributed by atoms with Crippen molar-refractivity contribution in [3.05, 3.63) is 56.5 Å². The van der Waals surface area contributed by atoms with Gasteiger partial charge in [-0.15, -0.1) is 0 Å². The van der Waals surface area contributed by atoms with E-state index in [1.807, 2.05) is 0 Å². The Balaban J connectivity index is 2.15. The van der Waals surface area contributed by atoms with Crippen LogP contribution in [0.2, 0.25) is 15.1 Å². The van der Waals surface area contributed by atoms with E-state index in [2.05, 4.69) is 10.6 Å². The Labute approximate surface area is 246 Å². The summed E-state index contributed by atoms with van der Waals surface area (Å²) in [5.74, 6) is -3.70. The zero-order chi connectivity index (χ0) is 30.1. The molecule has 0 aliphatic carbocycles. The number of ketones is 2. The highest BCUT2D eigenvalue weighted by molar-refractivity contribution is 6.40. The molecule has 0 fully saturated rings. The number of Topliss-reactive ketones (excluding diaryl/α,β-unsaturated/α-hetero) is 2. The lowest BCUT2D eigenvalue weighted by molar-refractivity contribution is -0.141. The minimum atomic E-state index is -1.47. The van der Waals surface area contributed by atoms with Crippen molar-refractivity contribution in [1.82, 2.24) is 10.6 Å². The van der Waals surface area contributed by atoms with Crippen molar-refractivity contribution < 1.29 is 38.6 Å². The average Bonchev–Trinajstić information content (AvgIpc) is 2.85. The molecule has 3 N–H and O–H groups in total. The van der Waals surface area contributed by atoms with Gasteiger partial charge in [-0.2, -0.15) is 0 Å². The van der Waals surface area contributed by atoms with Crippen LogP contribution in [0.5, 0.6) is 11.5 Å². The van der Waals surface area contributed by atoms with Crippen LogP contribution in [0.4, 0.5) is 0 Å². The van der Waals surface area contributed by atoms with Crippen LogP contribution in [0.3, 0.4) is 0 Å². The van der Waals surface area contributed by atoms with Crippen molar-refractivity contribution in [3.63, 3.8) is 0 Å². The molecule has 2 aromatic rings. The quantitative estimate of drug-likeness (QED) is 0.269. The number of benzene rings is 2. The van der Waals surface area contributed by atoms with Crippen molar-refractivity contribution in [2.75, 3.05) is 13.7 Å². The van der Waals surface area contributed by atoms with E-state index in [-0.39, 0.29) is 33.0 Å². The lowest BCUT2D eigenvalue weighted by Gasteiger charge is -2.25. The number of carbonyl (C=O) groups excluding carboxylic acids is 4. The lowest BCUT2D eigenvalue weighted by Crippen LogP contribution is -2.54. The molecule has 2 rings (SSSR count). The third-order valence-electron chi connectivity index (χ3n) is 5.71. The van der Waals surface area contributed by atoms with Crippen LogP contribution in [0.25, 0.3) is 0 Å². The van der Waals surface area contributed by atoms with Crippen LogP contribution in [0.15, 0.2) is 30.3 Å². The second kappa shape index (κ2) is 14.9. The molecule has 0 spiro atoms. The van der Waals surface area contributed by atoms with E-state index in [1.165, 1.54) is 32.2 Å². The predicted octanol–water partition coefficient (Wildman–Crippen LogP) is 4.15. The molecule has 2 aromatic carbocycles. The molecule has 0 saturated heterocycles. The third kappa shape index (κ3) is 9.39. The highest BCUT2D eigenvalue weighted by Crippen LogP contribution is 2.35. The Kier molecular flexibility index (Phi) is 12.2. The number of nitrogens with one attached hydrogen (secondary N) is 2. The smallest absolute Gasteiger partial charge is 0.305 e. The summed E-state index contributed by atoms with van der Waals surface area (Å²) in [6.45, 7) is 4.08. The van der Waals surface area contributed by atoms with Crippen LogP contribution >= 0.6 is 34.8 Å². The van der Waals surface area contributed by atoms with Crippen LogP contribution in [0.1, 0.15) is 43.1 Å². The summed E-state index contributed by atoms with van der Waals surface area (Å²) in [5, 5.41) is 14.6. The summed E-state index contributed by atoms with van der Waals surface area (Å²) in [7, 11) is 1.42. The molecular formula is C27H29Cl3N2O8. The van der Waals surface area contributed by atoms with Gasteiger partial charge in [-0.3, -0.25) is 24.0 Å². The van der Waals surface area contributed by atoms with E-state index in [0.717, 1.165) is 0 Å². The molecule has 10 nitrogen and oxygen atoms in total. The summed E-state index contributed by atoms with van der Waals surface area (Å²) in [4.78, 5) is 62.0. The van der Waals surface area contributed by atoms with Gasteiger partial charge in [-0.1, -0.05) is 48.7 Å². The Hall–Kier alpha value is -3.34. The number of hydrogen-bond donors (Lipinski definition) is 3. The Morgan fingerprint density at radius 3 is 2.12 bits per heavy atom. The minimum Gasteiger partial charge on any atom is -0.496 e. The lowest BCUT2D eigenvalue weighted by atomic mass is 10.0. The second-order valence-corrected chi connectivity index (χ2v) is 10.4. The fourth-order valence-corrected chi connectivity index (χ4v) is 4.59. The molecule has 0 radical (unpaired) electrons. The Morgan fingerprint density at radius 1 is 0.975 bits per heavy atom. The second-order valence-electron chi connectivity index (χ2n) is 9.16. The number of halogens is 3. The SMILES string of the molecule is COc1ccc(C(C)=O)cc1CC(=O)N[C@H](C(=O)N[C@@H](CC(=O)O)C(=O)COc1c(Cl)cc(Cl)cc1Cl)C(C)C. The summed E-state index contributed by atoms with van der Waals surface area (Å²) < 4.78 is 10.7. The number of ether oxygens (including phenoxy) is 2. The van der Waals surface area contributed by atoms with Gasteiger partial charge in [0.15, 0.2) is 17.3 Å². The molecule has 40 heavy (non-hydrogen) atoms. The number of hydrogen-bond acceptors (Lipinski definition) is 7. The molecule has 0 bridgehead atoms. The molecule has 0 aliphatic heterocycles. The zero-order valence-corrected chi connectivity index (χ0v) is 24.4. The largest absolute Gasteiger partial charge is 0.496 e. The van der Waals surface area contributed by atoms with Gasteiger partial charge >= 0.3 is 5.97 Å². The molecule has 216 valence electrons. The van der Waals surface area contributed by atoms with Gasteiger partial charge in [0.1, 0.15) is 24.4 Å². The summed E-state index contributed by atoms with van der Waals surface area (Å²) in [6, 6.07) is 4.80. The Bertz CT molecular complexity index is 1280. The standard InChI is InChI=1S/C27H29Cl3N2O8/c1-13(2)25(32-23(35)8-16-7-15(14(3)33)5-6-22(16)39-4)27(38)31-20(11-24(36)37)21(34)12-40-26-18(29)9-17(28)10-19(26)30/h5-7,9-10,13,20,25H,8,11-12H2,1-4H3,(H,31,38)(H,32,35)(H,36,37)/t20-,25-/m0/s1. The number of amides is 2. The van der Waals surface area contributed by atoms with Crippen LogP contribution in [-0.4, -0.2) is 60.3 Å². The number of methoxy groups -OCH3 is 1. The summed E-state index contributed by atoms with van der Waals surface area (Å²) in [6.07, 6.45) is -0.932. The van der Waals surface area contributed by atoms with Crippen LogP contribution in [0, 0.1) is 5.92 Å². The summed E-state index contributed by atoms with van der Waals surface area (Å²) in [5.41, 5.74) is 0.825. The number of carbonyl (C=O) groups is 5. The van der Waals surface area contributed by atoms with E-state index in [9.17, 15) is 29.1 Å². The van der Waals surface area contributed by atoms with Gasteiger partial charge in [0.05, 0.1) is 30.0 Å². The van der Waals surface area contributed by atoms with Crippen molar-refractivity contribution >= 4 is 64.2 Å². The molecule has 2 atom stereocenters. The molecule has 0 aliphatic rings. The zero-order valence-electron chi connectivity index (χ0n) is 22.2. The minimum absolute atomic E-state index is 0.0296. The molecule has 13 heteroatoms. The maximum absolute atomic E-state index is 13.1. The highest BCUT2D eigenvalue weighted by Gasteiger charge is 2.30. The normalized spacial score (nSPS) is 12.3. The molecular weight excluding hydrogens is 587 g/mol. The molecule has 0 saturated carbocycles. The fourth-order valence-electron chi connectivity index (χ4n) is 3.66. The number of carboxylic acids is 1. The van der Waals surface area contributed by atoms with Gasteiger partial charge in [0.2, 0.25) is 11.8 Å². The first-order chi connectivity index (χ1) is 18.7. The van der Waals surface area contributed by atoms with Crippen LogP contribution < -0.4 is 20.1 Å². The maximum atomic E-state index is 13.1.